The van der Waals surface area contributed by atoms with E-state index < -0.39 is 0 Å². The second-order valence-corrected chi connectivity index (χ2v) is 15.6. The van der Waals surface area contributed by atoms with Gasteiger partial charge in [0.2, 0.25) is 0 Å². The lowest BCUT2D eigenvalue weighted by molar-refractivity contribution is -0.191. The molecule has 0 radical (unpaired) electrons. The number of thiophene rings is 5. The molecule has 0 saturated carbocycles. The Morgan fingerprint density at radius 2 is 1.19 bits per heavy atom. The molecule has 0 fully saturated rings. The lowest BCUT2D eigenvalue weighted by atomic mass is 10.1. The van der Waals surface area contributed by atoms with Gasteiger partial charge in [-0.25, -0.2) is 0 Å². The van der Waals surface area contributed by atoms with E-state index in [-0.39, 0.29) is 18.5 Å². The van der Waals surface area contributed by atoms with Gasteiger partial charge in [-0.15, -0.1) is 56.7 Å². The van der Waals surface area contributed by atoms with E-state index in [1.165, 1.54) is 46.8 Å². The minimum Gasteiger partial charge on any atom is -0.469 e. The lowest BCUT2D eigenvalue weighted by Gasteiger charge is -2.01. The maximum atomic E-state index is 12.1. The second kappa shape index (κ2) is 12.9. The van der Waals surface area contributed by atoms with Crippen molar-refractivity contribution in [2.45, 2.75) is 19.8 Å². The number of hydrogen-bond donors (Lipinski definition) is 0. The zero-order valence-electron chi connectivity index (χ0n) is 19.5. The second-order valence-electron chi connectivity index (χ2n) is 7.49. The van der Waals surface area contributed by atoms with E-state index in [0.29, 0.717) is 0 Å². The summed E-state index contributed by atoms with van der Waals surface area (Å²) < 4.78 is 7.23. The molecule has 5 aromatic rings. The number of esters is 1. The Bertz CT molecular complexity index is 1560. The largest absolute Gasteiger partial charge is 0.469 e. The summed E-state index contributed by atoms with van der Waals surface area (Å²) in [7, 11) is 1.45. The molecule has 0 spiro atoms. The molecule has 0 N–H and O–H groups in total. The summed E-state index contributed by atoms with van der Waals surface area (Å²) in [6.45, 7) is 2.22. The quantitative estimate of drug-likeness (QED) is 0.158. The number of aryl methyl sites for hydroxylation is 1. The molecule has 0 unspecified atom stereocenters. The van der Waals surface area contributed by atoms with Gasteiger partial charge in [-0.3, -0.25) is 4.79 Å². The average Bonchev–Trinajstić information content (AvgIpc) is 3.68. The van der Waals surface area contributed by atoms with Gasteiger partial charge in [0.25, 0.3) is 0 Å². The van der Waals surface area contributed by atoms with Crippen LogP contribution in [-0.2, 0) is 32.0 Å². The molecular weight excluding hydrogens is 696 g/mol. The van der Waals surface area contributed by atoms with Crippen molar-refractivity contribution in [3.05, 3.63) is 67.2 Å². The summed E-state index contributed by atoms with van der Waals surface area (Å²) in [6.07, 6.45) is 1.52. The van der Waals surface area contributed by atoms with E-state index in [1.807, 2.05) is 11.3 Å². The Balaban J connectivity index is 0.00000102. The van der Waals surface area contributed by atoms with Crippen LogP contribution in [-0.4, -0.2) is 19.2 Å². The average molecular weight is 715 g/mol. The molecule has 0 aliphatic rings. The van der Waals surface area contributed by atoms with E-state index in [1.54, 1.807) is 45.3 Å². The van der Waals surface area contributed by atoms with E-state index >= 15 is 0 Å². The fraction of sp³-hybridized carbons (Fsp3) is 0.154. The molecule has 0 aromatic carbocycles. The van der Waals surface area contributed by atoms with Gasteiger partial charge in [0.05, 0.1) is 21.1 Å². The Morgan fingerprint density at radius 1 is 0.730 bits per heavy atom. The molecule has 190 valence electrons. The van der Waals surface area contributed by atoms with Gasteiger partial charge >= 0.3 is 12.1 Å². The zero-order chi connectivity index (χ0) is 26.5. The molecule has 11 heteroatoms. The topological polar surface area (TPSA) is 60.4 Å². The predicted molar refractivity (Wildman–Crippen MR) is 163 cm³/mol. The Morgan fingerprint density at radius 3 is 1.62 bits per heavy atom. The summed E-state index contributed by atoms with van der Waals surface area (Å²) >= 11 is 16.0. The van der Waals surface area contributed by atoms with Gasteiger partial charge in [0.15, 0.2) is 0 Å². The van der Waals surface area contributed by atoms with Gasteiger partial charge < -0.3 is 4.74 Å². The minimum atomic E-state index is -0.215. The third-order valence-corrected chi connectivity index (χ3v) is 12.7. The van der Waals surface area contributed by atoms with Crippen molar-refractivity contribution in [1.82, 2.24) is 0 Å². The van der Waals surface area contributed by atoms with Crippen molar-refractivity contribution in [3.63, 3.8) is 0 Å². The molecule has 0 aliphatic carbocycles. The Hall–Kier alpha value is -1.69. The molecule has 37 heavy (non-hydrogen) atoms. The summed E-state index contributed by atoms with van der Waals surface area (Å²) in [5, 5.41) is 0. The first-order valence-corrected chi connectivity index (χ1v) is 16.5. The molecule has 5 aromatic heterocycles. The standard InChI is InChI=1S/C25H18Br2O2S5.CO2/c1-3-13-10-19(15-6-8-21(26)31-15)33-24(13)17-4-5-18(30-17)25-14(12-23(28)29-2)11-20(34-25)16-7-9-22(27)32-16;2-1-3/h4-11H,3,12H2,1-2H3;. The lowest BCUT2D eigenvalue weighted by Crippen LogP contribution is -2.04. The number of halogens is 2. The SMILES string of the molecule is CCc1cc(-c2ccc(Br)s2)sc1-c1ccc(-c2sc(-c3ccc(Br)s3)cc2CC(=O)OC)s1.O=C=O. The molecule has 5 heterocycles. The zero-order valence-corrected chi connectivity index (χ0v) is 26.7. The predicted octanol–water partition coefficient (Wildman–Crippen LogP) is 9.88. The van der Waals surface area contributed by atoms with Crippen molar-refractivity contribution in [2.75, 3.05) is 7.11 Å². The van der Waals surface area contributed by atoms with Crippen molar-refractivity contribution in [1.29, 1.82) is 0 Å². The smallest absolute Gasteiger partial charge is 0.373 e. The van der Waals surface area contributed by atoms with Crippen LogP contribution in [0.1, 0.15) is 18.1 Å². The number of ether oxygens (including phenoxy) is 1. The third-order valence-electron chi connectivity index (χ3n) is 5.25. The van der Waals surface area contributed by atoms with Crippen LogP contribution in [0.2, 0.25) is 0 Å². The van der Waals surface area contributed by atoms with Crippen molar-refractivity contribution >= 4 is 101 Å². The van der Waals surface area contributed by atoms with Crippen LogP contribution in [0.15, 0.2) is 56.1 Å². The molecule has 0 amide bonds. The number of carbonyl (C=O) groups is 1. The molecule has 0 aliphatic heterocycles. The van der Waals surface area contributed by atoms with E-state index in [2.05, 4.69) is 87.3 Å². The summed E-state index contributed by atoms with van der Waals surface area (Å²) in [4.78, 5) is 38.3. The highest BCUT2D eigenvalue weighted by Crippen LogP contribution is 2.48. The highest BCUT2D eigenvalue weighted by molar-refractivity contribution is 9.11. The van der Waals surface area contributed by atoms with Crippen LogP contribution >= 0.6 is 88.5 Å². The van der Waals surface area contributed by atoms with Crippen LogP contribution < -0.4 is 0 Å². The monoisotopic (exact) mass is 712 g/mol. The fourth-order valence-electron chi connectivity index (χ4n) is 3.61. The van der Waals surface area contributed by atoms with Crippen molar-refractivity contribution in [2.24, 2.45) is 0 Å². The van der Waals surface area contributed by atoms with Gasteiger partial charge in [0.1, 0.15) is 0 Å². The van der Waals surface area contributed by atoms with Crippen LogP contribution in [0.25, 0.3) is 39.0 Å². The first kappa shape index (κ1) is 28.3. The maximum Gasteiger partial charge on any atom is 0.373 e. The summed E-state index contributed by atoms with van der Waals surface area (Å²) in [5.41, 5.74) is 2.40. The van der Waals surface area contributed by atoms with Crippen molar-refractivity contribution < 1.29 is 19.1 Å². The Labute approximate surface area is 250 Å². The molecule has 0 saturated heterocycles. The fourth-order valence-corrected chi connectivity index (χ4v) is 10.3. The highest BCUT2D eigenvalue weighted by Gasteiger charge is 2.20. The van der Waals surface area contributed by atoms with Gasteiger partial charge in [0, 0.05) is 39.0 Å². The van der Waals surface area contributed by atoms with Gasteiger partial charge in [-0.1, -0.05) is 6.92 Å². The first-order chi connectivity index (χ1) is 17.9. The third kappa shape index (κ3) is 6.66. The normalized spacial score (nSPS) is 10.6. The maximum absolute atomic E-state index is 12.1. The van der Waals surface area contributed by atoms with Gasteiger partial charge in [-0.05, 0) is 97.9 Å². The Kier molecular flexibility index (Phi) is 9.88. The molecule has 0 atom stereocenters. The van der Waals surface area contributed by atoms with Crippen LogP contribution in [0.3, 0.4) is 0 Å². The molecular formula is C26H18Br2O4S5. The number of methoxy groups -OCH3 is 1. The van der Waals surface area contributed by atoms with Crippen LogP contribution in [0.4, 0.5) is 0 Å². The molecule has 0 bridgehead atoms. The van der Waals surface area contributed by atoms with Crippen LogP contribution in [0.5, 0.6) is 0 Å². The van der Waals surface area contributed by atoms with Crippen molar-refractivity contribution in [3.8, 4) is 39.0 Å². The number of hydrogen-bond acceptors (Lipinski definition) is 9. The van der Waals surface area contributed by atoms with E-state index in [9.17, 15) is 4.79 Å². The molecule has 5 rings (SSSR count). The van der Waals surface area contributed by atoms with Crippen LogP contribution in [0, 0.1) is 0 Å². The number of rotatable bonds is 7. The van der Waals surface area contributed by atoms with E-state index in [0.717, 1.165) is 24.4 Å². The first-order valence-electron chi connectivity index (χ1n) is 10.8. The summed E-state index contributed by atoms with van der Waals surface area (Å²) in [5.74, 6) is -0.215. The minimum absolute atomic E-state index is 0.215. The number of carbonyl (C=O) groups excluding carboxylic acids is 3. The van der Waals surface area contributed by atoms with E-state index in [4.69, 9.17) is 14.3 Å². The van der Waals surface area contributed by atoms with Gasteiger partial charge in [-0.2, -0.15) is 9.59 Å². The molecule has 4 nitrogen and oxygen atoms in total. The summed E-state index contributed by atoms with van der Waals surface area (Å²) in [6, 6.07) is 17.4. The highest BCUT2D eigenvalue weighted by atomic mass is 79.9.